The summed E-state index contributed by atoms with van der Waals surface area (Å²) in [5.41, 5.74) is 0. The monoisotopic (exact) mass is 336 g/mol. The van der Waals surface area contributed by atoms with Gasteiger partial charge in [-0.25, -0.2) is 0 Å². The van der Waals surface area contributed by atoms with E-state index >= 15 is 0 Å². The molecule has 2 rings (SSSR count). The minimum atomic E-state index is 0. The largest absolute Gasteiger partial charge is 0.351 e. The Morgan fingerprint density at radius 1 is 1.50 bits per heavy atom. The Labute approximate surface area is 135 Å². The van der Waals surface area contributed by atoms with Gasteiger partial charge in [-0.1, -0.05) is 18.5 Å². The van der Waals surface area contributed by atoms with Crippen LogP contribution in [-0.2, 0) is 11.3 Å². The predicted octanol–water partition coefficient (Wildman–Crippen LogP) is 3.47. The van der Waals surface area contributed by atoms with Crippen LogP contribution in [0.15, 0.2) is 12.1 Å². The normalized spacial score (nSPS) is 17.3. The number of carbonyl (C=O) groups excluding carboxylic acids is 1. The fraction of sp³-hybridized carbons (Fsp3) is 0.643. The second-order valence-corrected chi connectivity index (χ2v) is 7.05. The molecule has 2 N–H and O–H groups in total. The molecule has 3 nitrogen and oxygen atoms in total. The molecule has 1 atom stereocenters. The zero-order chi connectivity index (χ0) is 13.7. The minimum absolute atomic E-state index is 0. The summed E-state index contributed by atoms with van der Waals surface area (Å²) in [6, 6.07) is 3.83. The van der Waals surface area contributed by atoms with Crippen molar-refractivity contribution in [2.24, 2.45) is 11.8 Å². The third kappa shape index (κ3) is 5.60. The van der Waals surface area contributed by atoms with Crippen LogP contribution in [0.3, 0.4) is 0 Å². The average Bonchev–Trinajstić information content (AvgIpc) is 2.83. The molecular formula is C14H22Cl2N2OS. The van der Waals surface area contributed by atoms with E-state index in [1.165, 1.54) is 24.2 Å². The van der Waals surface area contributed by atoms with Crippen LogP contribution in [0.4, 0.5) is 0 Å². The van der Waals surface area contributed by atoms with Crippen molar-refractivity contribution >= 4 is 41.3 Å². The quantitative estimate of drug-likeness (QED) is 0.864. The highest BCUT2D eigenvalue weighted by Gasteiger charge is 2.21. The second kappa shape index (κ2) is 8.88. The van der Waals surface area contributed by atoms with Gasteiger partial charge in [0, 0.05) is 11.3 Å². The molecule has 2 heterocycles. The molecule has 114 valence electrons. The third-order valence-electron chi connectivity index (χ3n) is 3.78. The Balaban J connectivity index is 0.00000200. The highest BCUT2D eigenvalue weighted by Crippen LogP contribution is 2.24. The molecule has 6 heteroatoms. The Kier molecular flexibility index (Phi) is 7.88. The minimum Gasteiger partial charge on any atom is -0.351 e. The Bertz CT molecular complexity index is 419. The smallest absolute Gasteiger partial charge is 0.220 e. The summed E-state index contributed by atoms with van der Waals surface area (Å²) in [7, 11) is 0. The summed E-state index contributed by atoms with van der Waals surface area (Å²) in [5.74, 6) is 1.30. The van der Waals surface area contributed by atoms with E-state index in [9.17, 15) is 4.79 Å². The molecule has 1 aromatic heterocycles. The molecule has 0 bridgehead atoms. The van der Waals surface area contributed by atoms with Crippen molar-refractivity contribution in [1.82, 2.24) is 10.6 Å². The van der Waals surface area contributed by atoms with E-state index < -0.39 is 0 Å². The van der Waals surface area contributed by atoms with E-state index in [0.29, 0.717) is 24.8 Å². The maximum Gasteiger partial charge on any atom is 0.220 e. The topological polar surface area (TPSA) is 41.1 Å². The van der Waals surface area contributed by atoms with Gasteiger partial charge in [-0.05, 0) is 49.9 Å². The van der Waals surface area contributed by atoms with E-state index in [0.717, 1.165) is 22.3 Å². The van der Waals surface area contributed by atoms with Crippen LogP contribution in [0.25, 0.3) is 0 Å². The van der Waals surface area contributed by atoms with Gasteiger partial charge in [-0.2, -0.15) is 0 Å². The van der Waals surface area contributed by atoms with Crippen molar-refractivity contribution in [3.63, 3.8) is 0 Å². The lowest BCUT2D eigenvalue weighted by molar-refractivity contribution is -0.122. The van der Waals surface area contributed by atoms with E-state index in [1.807, 2.05) is 12.1 Å². The first-order valence-electron chi connectivity index (χ1n) is 6.87. The summed E-state index contributed by atoms with van der Waals surface area (Å²) in [6.45, 7) is 4.96. The highest BCUT2D eigenvalue weighted by molar-refractivity contribution is 7.16. The molecule has 0 spiro atoms. The van der Waals surface area contributed by atoms with Crippen molar-refractivity contribution in [3.05, 3.63) is 21.3 Å². The summed E-state index contributed by atoms with van der Waals surface area (Å²) in [4.78, 5) is 13.0. The fourth-order valence-electron chi connectivity index (χ4n) is 2.58. The molecule has 20 heavy (non-hydrogen) atoms. The van der Waals surface area contributed by atoms with E-state index in [2.05, 4.69) is 17.6 Å². The van der Waals surface area contributed by atoms with Gasteiger partial charge in [0.15, 0.2) is 0 Å². The highest BCUT2D eigenvalue weighted by atomic mass is 35.5. The lowest BCUT2D eigenvalue weighted by Gasteiger charge is -2.27. The zero-order valence-electron chi connectivity index (χ0n) is 11.7. The van der Waals surface area contributed by atoms with Gasteiger partial charge in [0.1, 0.15) is 0 Å². The molecule has 1 amide bonds. The van der Waals surface area contributed by atoms with Crippen LogP contribution in [0.1, 0.15) is 31.1 Å². The molecule has 0 aliphatic carbocycles. The number of piperidine rings is 1. The average molecular weight is 337 g/mol. The SMILES string of the molecule is CC(CC(=O)NCc1ccc(Cl)s1)C1CCNCC1.Cl. The van der Waals surface area contributed by atoms with E-state index in [1.54, 1.807) is 0 Å². The predicted molar refractivity (Wildman–Crippen MR) is 87.8 cm³/mol. The molecule has 1 fully saturated rings. The van der Waals surface area contributed by atoms with Crippen LogP contribution in [0.2, 0.25) is 4.34 Å². The molecule has 0 radical (unpaired) electrons. The maximum absolute atomic E-state index is 11.9. The third-order valence-corrected chi connectivity index (χ3v) is 5.02. The van der Waals surface area contributed by atoms with Gasteiger partial charge in [0.25, 0.3) is 0 Å². The van der Waals surface area contributed by atoms with Crippen LogP contribution in [-0.4, -0.2) is 19.0 Å². The number of nitrogens with one attached hydrogen (secondary N) is 2. The van der Waals surface area contributed by atoms with E-state index in [-0.39, 0.29) is 18.3 Å². The van der Waals surface area contributed by atoms with Gasteiger partial charge in [-0.15, -0.1) is 23.7 Å². The Morgan fingerprint density at radius 2 is 2.20 bits per heavy atom. The van der Waals surface area contributed by atoms with Gasteiger partial charge < -0.3 is 10.6 Å². The Morgan fingerprint density at radius 3 is 2.80 bits per heavy atom. The van der Waals surface area contributed by atoms with Crippen molar-refractivity contribution in [3.8, 4) is 0 Å². The molecule has 1 aliphatic rings. The number of rotatable bonds is 5. The Hall–Kier alpha value is -0.290. The van der Waals surface area contributed by atoms with Gasteiger partial charge >= 0.3 is 0 Å². The number of hydrogen-bond donors (Lipinski definition) is 2. The van der Waals surface area contributed by atoms with Crippen molar-refractivity contribution in [1.29, 1.82) is 0 Å². The maximum atomic E-state index is 11.9. The van der Waals surface area contributed by atoms with Gasteiger partial charge in [0.2, 0.25) is 5.91 Å². The molecule has 0 aromatic carbocycles. The van der Waals surface area contributed by atoms with Crippen LogP contribution in [0, 0.1) is 11.8 Å². The second-order valence-electron chi connectivity index (χ2n) is 5.25. The van der Waals surface area contributed by atoms with Gasteiger partial charge in [-0.3, -0.25) is 4.79 Å². The first-order valence-corrected chi connectivity index (χ1v) is 8.06. The number of thiophene rings is 1. The van der Waals surface area contributed by atoms with Crippen LogP contribution < -0.4 is 10.6 Å². The van der Waals surface area contributed by atoms with Gasteiger partial charge in [0.05, 0.1) is 10.9 Å². The lowest BCUT2D eigenvalue weighted by atomic mass is 9.84. The molecule has 1 aliphatic heterocycles. The number of hydrogen-bond acceptors (Lipinski definition) is 3. The zero-order valence-corrected chi connectivity index (χ0v) is 14.0. The summed E-state index contributed by atoms with van der Waals surface area (Å²) in [5, 5.41) is 6.34. The van der Waals surface area contributed by atoms with E-state index in [4.69, 9.17) is 11.6 Å². The first-order chi connectivity index (χ1) is 9.15. The fourth-order valence-corrected chi connectivity index (χ4v) is 3.60. The first kappa shape index (κ1) is 17.8. The molecule has 1 unspecified atom stereocenters. The molecular weight excluding hydrogens is 315 g/mol. The van der Waals surface area contributed by atoms with Crippen molar-refractivity contribution in [2.75, 3.05) is 13.1 Å². The van der Waals surface area contributed by atoms with Crippen molar-refractivity contribution in [2.45, 2.75) is 32.7 Å². The summed E-state index contributed by atoms with van der Waals surface area (Å²) in [6.07, 6.45) is 3.01. The summed E-state index contributed by atoms with van der Waals surface area (Å²) < 4.78 is 0.771. The number of amides is 1. The summed E-state index contributed by atoms with van der Waals surface area (Å²) >= 11 is 7.38. The van der Waals surface area contributed by atoms with Crippen LogP contribution in [0.5, 0.6) is 0 Å². The standard InChI is InChI=1S/C14H21ClN2OS.ClH/c1-10(11-4-6-16-7-5-11)8-14(18)17-9-12-2-3-13(15)19-12;/h2-3,10-11,16H,4-9H2,1H3,(H,17,18);1H. The molecule has 1 saturated heterocycles. The number of carbonyl (C=O) groups is 1. The molecule has 1 aromatic rings. The molecule has 0 saturated carbocycles. The lowest BCUT2D eigenvalue weighted by Crippen LogP contribution is -2.33. The van der Waals surface area contributed by atoms with Crippen molar-refractivity contribution < 1.29 is 4.79 Å². The number of halogens is 2. The van der Waals surface area contributed by atoms with Crippen LogP contribution >= 0.6 is 35.3 Å².